The Hall–Kier alpha value is -0.0500. The lowest BCUT2D eigenvalue weighted by molar-refractivity contribution is -0.136. The molecule has 19 heavy (non-hydrogen) atoms. The zero-order valence-electron chi connectivity index (χ0n) is 12.5. The van der Waals surface area contributed by atoms with E-state index >= 15 is 0 Å². The molecule has 0 spiro atoms. The molecule has 0 aromatic rings. The molecule has 3 heteroatoms. The number of halogens is 1. The van der Waals surface area contributed by atoms with E-state index in [1.165, 1.54) is 70.6 Å². The molecule has 0 bridgehead atoms. The Morgan fingerprint density at radius 3 is 1.58 bits per heavy atom. The molecule has 0 radical (unpaired) electrons. The first-order valence-electron chi connectivity index (χ1n) is 8.05. The molecule has 0 aromatic carbocycles. The van der Waals surface area contributed by atoms with Gasteiger partial charge < -0.3 is 5.11 Å². The quantitative estimate of drug-likeness (QED) is 0.315. The highest BCUT2D eigenvalue weighted by atomic mass is 79.9. The summed E-state index contributed by atoms with van der Waals surface area (Å²) in [5, 5.41) is 8.71. The molecule has 114 valence electrons. The van der Waals surface area contributed by atoms with E-state index in [0.717, 1.165) is 12.8 Å². The van der Waals surface area contributed by atoms with E-state index < -0.39 is 5.97 Å². The molecule has 0 amide bonds. The second-order valence-electron chi connectivity index (χ2n) is 5.48. The molecule has 2 nitrogen and oxygen atoms in total. The molecule has 1 N–H and O–H groups in total. The zero-order chi connectivity index (χ0) is 14.3. The van der Waals surface area contributed by atoms with E-state index in [9.17, 15) is 4.79 Å². The highest BCUT2D eigenvalue weighted by molar-refractivity contribution is 9.10. The molecule has 0 aliphatic heterocycles. The first-order valence-corrected chi connectivity index (χ1v) is 8.97. The molecule has 0 aliphatic rings. The van der Waals surface area contributed by atoms with Gasteiger partial charge in [0.25, 0.3) is 0 Å². The Labute approximate surface area is 127 Å². The average Bonchev–Trinajstić information content (AvgIpc) is 2.39. The van der Waals surface area contributed by atoms with Gasteiger partial charge in [0, 0.05) is 0 Å². The van der Waals surface area contributed by atoms with Gasteiger partial charge in [0.2, 0.25) is 0 Å². The van der Waals surface area contributed by atoms with Crippen LogP contribution in [0.4, 0.5) is 0 Å². The van der Waals surface area contributed by atoms with Crippen LogP contribution in [0.15, 0.2) is 0 Å². The Balaban J connectivity index is 3.05. The summed E-state index contributed by atoms with van der Waals surface area (Å²) in [7, 11) is 0. The van der Waals surface area contributed by atoms with Crippen molar-refractivity contribution in [1.29, 1.82) is 0 Å². The second kappa shape index (κ2) is 14.4. The number of carboxylic acids is 1. The van der Waals surface area contributed by atoms with Crippen LogP contribution in [-0.2, 0) is 4.79 Å². The summed E-state index contributed by atoms with van der Waals surface area (Å²) in [5.74, 6) is -0.733. The number of aliphatic carboxylic acids is 1. The normalized spacial score (nSPS) is 12.5. The fraction of sp³-hybridized carbons (Fsp3) is 0.938. The van der Waals surface area contributed by atoms with E-state index in [0.29, 0.717) is 0 Å². The minimum atomic E-state index is -0.733. The molecular formula is C16H31BrO2. The Bertz CT molecular complexity index is 207. The van der Waals surface area contributed by atoms with Crippen molar-refractivity contribution in [2.75, 3.05) is 0 Å². The standard InChI is InChI=1S/C16H31BrO2/c1-2-3-4-5-6-7-8-9-10-11-12-13-14-15(17)16(18)19/h15H,2-14H2,1H3,(H,18,19)/i16+2. The topological polar surface area (TPSA) is 37.3 Å². The zero-order valence-corrected chi connectivity index (χ0v) is 14.1. The summed E-state index contributed by atoms with van der Waals surface area (Å²) < 4.78 is 0. The lowest BCUT2D eigenvalue weighted by Gasteiger charge is -2.04. The lowest BCUT2D eigenvalue weighted by atomic mass is 10.0. The summed E-state index contributed by atoms with van der Waals surface area (Å²) in [6.07, 6.45) is 16.6. The maximum absolute atomic E-state index is 10.6. The van der Waals surface area contributed by atoms with E-state index in [2.05, 4.69) is 22.9 Å². The van der Waals surface area contributed by atoms with Crippen molar-refractivity contribution in [3.05, 3.63) is 0 Å². The van der Waals surface area contributed by atoms with Crippen LogP contribution >= 0.6 is 15.9 Å². The van der Waals surface area contributed by atoms with Crippen LogP contribution in [-0.4, -0.2) is 15.9 Å². The number of rotatable bonds is 14. The van der Waals surface area contributed by atoms with Gasteiger partial charge in [-0.3, -0.25) is 4.79 Å². The van der Waals surface area contributed by atoms with Crippen molar-refractivity contribution in [3.63, 3.8) is 0 Å². The minimum Gasteiger partial charge on any atom is -0.480 e. The van der Waals surface area contributed by atoms with Gasteiger partial charge in [0.1, 0.15) is 4.83 Å². The van der Waals surface area contributed by atoms with Crippen molar-refractivity contribution < 1.29 is 9.90 Å². The molecule has 0 fully saturated rings. The SMILES string of the molecule is CCCCCCCCCCCCCCC(Br)[14C](=O)O. The third kappa shape index (κ3) is 14.2. The molecular weight excluding hydrogens is 306 g/mol. The summed E-state index contributed by atoms with van der Waals surface area (Å²) in [5.41, 5.74) is 0. The van der Waals surface area contributed by atoms with Gasteiger partial charge >= 0.3 is 5.97 Å². The van der Waals surface area contributed by atoms with Gasteiger partial charge in [-0.2, -0.15) is 0 Å². The summed E-state index contributed by atoms with van der Waals surface area (Å²) in [6.45, 7) is 2.26. The van der Waals surface area contributed by atoms with E-state index in [1.807, 2.05) is 0 Å². The minimum absolute atomic E-state index is 0.351. The van der Waals surface area contributed by atoms with E-state index in [4.69, 9.17) is 5.11 Å². The van der Waals surface area contributed by atoms with Crippen LogP contribution in [0.5, 0.6) is 0 Å². The Morgan fingerprint density at radius 1 is 0.842 bits per heavy atom. The number of alkyl halides is 1. The van der Waals surface area contributed by atoms with Gasteiger partial charge in [-0.15, -0.1) is 0 Å². The molecule has 0 rings (SSSR count). The van der Waals surface area contributed by atoms with Crippen molar-refractivity contribution in [1.82, 2.24) is 0 Å². The number of hydrogen-bond donors (Lipinski definition) is 1. The van der Waals surface area contributed by atoms with Crippen molar-refractivity contribution in [2.24, 2.45) is 0 Å². The van der Waals surface area contributed by atoms with Gasteiger partial charge in [0.15, 0.2) is 0 Å². The predicted molar refractivity (Wildman–Crippen MR) is 86.0 cm³/mol. The molecule has 0 saturated carbocycles. The maximum atomic E-state index is 10.6. The molecule has 1 unspecified atom stereocenters. The monoisotopic (exact) mass is 336 g/mol. The number of carbonyl (C=O) groups is 1. The van der Waals surface area contributed by atoms with Crippen LogP contribution in [0.3, 0.4) is 0 Å². The average molecular weight is 337 g/mol. The fourth-order valence-electron chi connectivity index (χ4n) is 2.29. The number of hydrogen-bond acceptors (Lipinski definition) is 1. The molecule has 0 saturated heterocycles. The third-order valence-corrected chi connectivity index (χ3v) is 4.43. The largest absolute Gasteiger partial charge is 0.480 e. The number of carboxylic acid groups (broad SMARTS) is 1. The highest BCUT2D eigenvalue weighted by Gasteiger charge is 2.11. The van der Waals surface area contributed by atoms with E-state index in [-0.39, 0.29) is 4.83 Å². The summed E-state index contributed by atoms with van der Waals surface area (Å²) in [4.78, 5) is 10.2. The second-order valence-corrected chi connectivity index (χ2v) is 6.59. The molecule has 0 aromatic heterocycles. The highest BCUT2D eigenvalue weighted by Crippen LogP contribution is 2.15. The number of unbranched alkanes of at least 4 members (excludes halogenated alkanes) is 11. The van der Waals surface area contributed by atoms with Crippen molar-refractivity contribution >= 4 is 21.9 Å². The van der Waals surface area contributed by atoms with Gasteiger partial charge in [-0.25, -0.2) is 0 Å². The first-order chi connectivity index (χ1) is 9.18. The Kier molecular flexibility index (Phi) is 14.3. The van der Waals surface area contributed by atoms with Gasteiger partial charge in [-0.1, -0.05) is 99.9 Å². The maximum Gasteiger partial charge on any atom is 0.317 e. The molecule has 1 atom stereocenters. The summed E-state index contributed by atoms with van der Waals surface area (Å²) >= 11 is 3.17. The van der Waals surface area contributed by atoms with Crippen LogP contribution in [0, 0.1) is 0 Å². The lowest BCUT2D eigenvalue weighted by Crippen LogP contribution is -2.11. The van der Waals surface area contributed by atoms with E-state index in [1.54, 1.807) is 0 Å². The smallest absolute Gasteiger partial charge is 0.317 e. The third-order valence-electron chi connectivity index (χ3n) is 3.58. The van der Waals surface area contributed by atoms with Gasteiger partial charge in [0.05, 0.1) is 0 Å². The van der Waals surface area contributed by atoms with Crippen LogP contribution < -0.4 is 0 Å². The molecule has 0 heterocycles. The first kappa shape index (κ1) is 18.9. The Morgan fingerprint density at radius 2 is 1.21 bits per heavy atom. The van der Waals surface area contributed by atoms with Crippen molar-refractivity contribution in [2.45, 2.75) is 95.2 Å². The van der Waals surface area contributed by atoms with Crippen molar-refractivity contribution in [3.8, 4) is 0 Å². The van der Waals surface area contributed by atoms with Crippen LogP contribution in [0.25, 0.3) is 0 Å². The fourth-order valence-corrected chi connectivity index (χ4v) is 2.61. The molecule has 0 aliphatic carbocycles. The summed E-state index contributed by atoms with van der Waals surface area (Å²) in [6, 6.07) is 0. The van der Waals surface area contributed by atoms with Gasteiger partial charge in [-0.05, 0) is 6.42 Å². The van der Waals surface area contributed by atoms with Crippen LogP contribution in [0.1, 0.15) is 90.4 Å². The van der Waals surface area contributed by atoms with Crippen LogP contribution in [0.2, 0.25) is 0 Å². The predicted octanol–water partition coefficient (Wildman–Crippen LogP) is 5.93.